The van der Waals surface area contributed by atoms with Crippen molar-refractivity contribution in [2.75, 3.05) is 32.9 Å². The third-order valence-electron chi connectivity index (χ3n) is 2.85. The first-order valence-electron chi connectivity index (χ1n) is 7.50. The third-order valence-corrected chi connectivity index (χ3v) is 2.85. The predicted molar refractivity (Wildman–Crippen MR) is 79.6 cm³/mol. The molecular formula is C15H31NO4. The number of carbonyl (C=O) groups excluding carboxylic acids is 1. The maximum Gasteiger partial charge on any atom is 0.293 e. The lowest BCUT2D eigenvalue weighted by Gasteiger charge is -2.22. The molecule has 1 rings (SSSR count). The Morgan fingerprint density at radius 2 is 2.10 bits per heavy atom. The van der Waals surface area contributed by atoms with E-state index in [9.17, 15) is 4.79 Å². The van der Waals surface area contributed by atoms with E-state index >= 15 is 0 Å². The zero-order valence-corrected chi connectivity index (χ0v) is 13.2. The number of aliphatic hydroxyl groups is 1. The molecule has 1 aliphatic heterocycles. The Labute approximate surface area is 123 Å². The Morgan fingerprint density at radius 1 is 1.35 bits per heavy atom. The monoisotopic (exact) mass is 289 g/mol. The fourth-order valence-corrected chi connectivity index (χ4v) is 1.78. The lowest BCUT2D eigenvalue weighted by Crippen LogP contribution is -2.32. The molecule has 1 aliphatic rings. The van der Waals surface area contributed by atoms with Crippen LogP contribution < -0.4 is 5.32 Å². The van der Waals surface area contributed by atoms with Crippen molar-refractivity contribution in [2.45, 2.75) is 52.1 Å². The molecule has 0 spiro atoms. The predicted octanol–water partition coefficient (Wildman–Crippen LogP) is 1.73. The van der Waals surface area contributed by atoms with E-state index in [4.69, 9.17) is 9.84 Å². The summed E-state index contributed by atoms with van der Waals surface area (Å²) in [5, 5.41) is 11.9. The second-order valence-corrected chi connectivity index (χ2v) is 6.04. The Balaban J connectivity index is 0.000000441. The summed E-state index contributed by atoms with van der Waals surface area (Å²) in [7, 11) is 0. The fourth-order valence-electron chi connectivity index (χ4n) is 1.78. The molecule has 5 heteroatoms. The lowest BCUT2D eigenvalue weighted by molar-refractivity contribution is -0.138. The van der Waals surface area contributed by atoms with Crippen LogP contribution in [0.15, 0.2) is 0 Å². The maximum atomic E-state index is 9.60. The molecule has 0 saturated carbocycles. The molecule has 0 amide bonds. The number of unbranched alkanes of at least 4 members (excludes halogenated alkanes) is 1. The molecule has 20 heavy (non-hydrogen) atoms. The highest BCUT2D eigenvalue weighted by atomic mass is 16.5. The van der Waals surface area contributed by atoms with Crippen molar-refractivity contribution in [3.8, 4) is 0 Å². The molecule has 0 radical (unpaired) electrons. The summed E-state index contributed by atoms with van der Waals surface area (Å²) in [5.74, 6) is 0.711. The number of nitrogens with one attached hydrogen (secondary N) is 1. The second-order valence-electron chi connectivity index (χ2n) is 6.04. The maximum absolute atomic E-state index is 9.60. The zero-order chi connectivity index (χ0) is 15.3. The van der Waals surface area contributed by atoms with E-state index in [2.05, 4.69) is 10.1 Å². The van der Waals surface area contributed by atoms with Crippen LogP contribution in [-0.2, 0) is 14.3 Å². The quantitative estimate of drug-likeness (QED) is 0.552. The van der Waals surface area contributed by atoms with Crippen LogP contribution in [0.2, 0.25) is 0 Å². The first-order valence-corrected chi connectivity index (χ1v) is 7.50. The van der Waals surface area contributed by atoms with Gasteiger partial charge in [0, 0.05) is 19.8 Å². The van der Waals surface area contributed by atoms with Crippen LogP contribution in [0.5, 0.6) is 0 Å². The Kier molecular flexibility index (Phi) is 11.7. The summed E-state index contributed by atoms with van der Waals surface area (Å²) in [4.78, 5) is 9.60. The van der Waals surface area contributed by atoms with Gasteiger partial charge in [-0.15, -0.1) is 0 Å². The Bertz CT molecular complexity index is 222. The Morgan fingerprint density at radius 3 is 2.55 bits per heavy atom. The third kappa shape index (κ3) is 13.8. The van der Waals surface area contributed by atoms with Gasteiger partial charge in [0.05, 0.1) is 6.61 Å². The molecule has 5 nitrogen and oxygen atoms in total. The average Bonchev–Trinajstić information content (AvgIpc) is 2.39. The van der Waals surface area contributed by atoms with Gasteiger partial charge in [0.25, 0.3) is 6.47 Å². The molecule has 0 aromatic heterocycles. The minimum absolute atomic E-state index is 0.286. The molecule has 1 heterocycles. The first-order chi connectivity index (χ1) is 9.49. The van der Waals surface area contributed by atoms with Gasteiger partial charge in [0.15, 0.2) is 0 Å². The number of hydrogen-bond acceptors (Lipinski definition) is 5. The molecule has 2 N–H and O–H groups in total. The van der Waals surface area contributed by atoms with Crippen molar-refractivity contribution in [1.82, 2.24) is 5.32 Å². The topological polar surface area (TPSA) is 67.8 Å². The highest BCUT2D eigenvalue weighted by Gasteiger charge is 2.12. The van der Waals surface area contributed by atoms with E-state index < -0.39 is 0 Å². The van der Waals surface area contributed by atoms with Gasteiger partial charge in [-0.2, -0.15) is 0 Å². The van der Waals surface area contributed by atoms with Crippen molar-refractivity contribution in [3.05, 3.63) is 0 Å². The van der Waals surface area contributed by atoms with E-state index in [1.807, 2.05) is 20.8 Å². The van der Waals surface area contributed by atoms with Gasteiger partial charge in [0.2, 0.25) is 0 Å². The number of ether oxygens (including phenoxy) is 2. The van der Waals surface area contributed by atoms with Gasteiger partial charge in [-0.05, 0) is 58.9 Å². The summed E-state index contributed by atoms with van der Waals surface area (Å²) in [6, 6.07) is 0. The summed E-state index contributed by atoms with van der Waals surface area (Å²) in [6.07, 6.45) is 4.43. The minimum atomic E-state index is -0.318. The van der Waals surface area contributed by atoms with Crippen molar-refractivity contribution < 1.29 is 19.4 Å². The van der Waals surface area contributed by atoms with Crippen LogP contribution in [0.25, 0.3) is 0 Å². The van der Waals surface area contributed by atoms with E-state index in [1.54, 1.807) is 0 Å². The van der Waals surface area contributed by atoms with Crippen LogP contribution in [-0.4, -0.2) is 50.1 Å². The van der Waals surface area contributed by atoms with Gasteiger partial charge in [-0.25, -0.2) is 0 Å². The van der Waals surface area contributed by atoms with Gasteiger partial charge >= 0.3 is 0 Å². The average molecular weight is 289 g/mol. The molecule has 0 aromatic rings. The normalized spacial score (nSPS) is 18.9. The van der Waals surface area contributed by atoms with Crippen LogP contribution in [0.3, 0.4) is 0 Å². The van der Waals surface area contributed by atoms with Gasteiger partial charge in [0.1, 0.15) is 5.60 Å². The van der Waals surface area contributed by atoms with Crippen molar-refractivity contribution in [1.29, 1.82) is 0 Å². The molecule has 120 valence electrons. The standard InChI is InChI=1S/C10H21NO2.C5H10O2/c12-6-1-2-7-13-9-10-4-3-5-11-8-10;1-5(2,3)7-4-6/h10-12H,1-9H2;4H,1-3H3. The van der Waals surface area contributed by atoms with E-state index in [-0.39, 0.29) is 12.2 Å². The zero-order valence-electron chi connectivity index (χ0n) is 13.2. The number of piperidine rings is 1. The highest BCUT2D eigenvalue weighted by molar-refractivity contribution is 5.37. The SMILES string of the molecule is CC(C)(C)OC=O.OCCCCOCC1CCCNC1. The van der Waals surface area contributed by atoms with Gasteiger partial charge in [-0.1, -0.05) is 0 Å². The van der Waals surface area contributed by atoms with Crippen molar-refractivity contribution >= 4 is 6.47 Å². The molecule has 0 bridgehead atoms. The van der Waals surface area contributed by atoms with Gasteiger partial charge in [-0.3, -0.25) is 4.79 Å². The van der Waals surface area contributed by atoms with E-state index in [0.29, 0.717) is 12.4 Å². The van der Waals surface area contributed by atoms with Crippen LogP contribution in [0, 0.1) is 5.92 Å². The smallest absolute Gasteiger partial charge is 0.293 e. The highest BCUT2D eigenvalue weighted by Crippen LogP contribution is 2.10. The molecule has 0 aliphatic carbocycles. The van der Waals surface area contributed by atoms with Crippen LogP contribution in [0.4, 0.5) is 0 Å². The lowest BCUT2D eigenvalue weighted by atomic mass is 10.0. The summed E-state index contributed by atoms with van der Waals surface area (Å²) in [5.41, 5.74) is -0.318. The molecule has 1 unspecified atom stereocenters. The molecule has 0 aromatic carbocycles. The van der Waals surface area contributed by atoms with Crippen LogP contribution in [0.1, 0.15) is 46.5 Å². The second kappa shape index (κ2) is 12.1. The van der Waals surface area contributed by atoms with E-state index in [0.717, 1.165) is 32.6 Å². The number of hydrogen-bond donors (Lipinski definition) is 2. The number of aliphatic hydroxyl groups excluding tert-OH is 1. The minimum Gasteiger partial charge on any atom is -0.462 e. The first kappa shape index (κ1) is 19.4. The largest absolute Gasteiger partial charge is 0.462 e. The molecule has 1 saturated heterocycles. The van der Waals surface area contributed by atoms with Gasteiger partial charge < -0.3 is 19.9 Å². The van der Waals surface area contributed by atoms with Crippen molar-refractivity contribution in [2.24, 2.45) is 5.92 Å². The Hall–Kier alpha value is -0.650. The summed E-state index contributed by atoms with van der Waals surface area (Å²) in [6.45, 7) is 10.2. The summed E-state index contributed by atoms with van der Waals surface area (Å²) < 4.78 is 10.1. The number of rotatable bonds is 7. The van der Waals surface area contributed by atoms with Crippen LogP contribution >= 0.6 is 0 Å². The molecule has 1 atom stereocenters. The number of carbonyl (C=O) groups is 1. The molecular weight excluding hydrogens is 258 g/mol. The van der Waals surface area contributed by atoms with E-state index in [1.165, 1.54) is 19.4 Å². The van der Waals surface area contributed by atoms with Crippen molar-refractivity contribution in [3.63, 3.8) is 0 Å². The fraction of sp³-hybridized carbons (Fsp3) is 0.933. The molecule has 1 fully saturated rings. The summed E-state index contributed by atoms with van der Waals surface area (Å²) >= 11 is 0.